The van der Waals surface area contributed by atoms with Gasteiger partial charge in [-0.25, -0.2) is 4.39 Å². The van der Waals surface area contributed by atoms with E-state index in [1.807, 2.05) is 13.8 Å². The fourth-order valence-electron chi connectivity index (χ4n) is 1.74. The first-order chi connectivity index (χ1) is 8.77. The average molecular weight is 267 g/mol. The van der Waals surface area contributed by atoms with E-state index in [1.54, 1.807) is 25.8 Å². The second-order valence-corrected chi connectivity index (χ2v) is 5.24. The lowest BCUT2D eigenvalue weighted by Gasteiger charge is -2.33. The van der Waals surface area contributed by atoms with Gasteiger partial charge in [0, 0.05) is 13.1 Å². The molecule has 0 fully saturated rings. The number of hydrogen-bond donors (Lipinski definition) is 0. The quantitative estimate of drug-likeness (QED) is 0.819. The maximum atomic E-state index is 12.8. The van der Waals surface area contributed by atoms with Gasteiger partial charge in [-0.3, -0.25) is 4.79 Å². The third-order valence-electron chi connectivity index (χ3n) is 3.27. The number of amides is 1. The number of hydrogen-bond acceptors (Lipinski definition) is 2. The zero-order valence-electron chi connectivity index (χ0n) is 12.2. The van der Waals surface area contributed by atoms with Crippen molar-refractivity contribution in [3.8, 4) is 5.75 Å². The van der Waals surface area contributed by atoms with Crippen LogP contribution in [0, 0.1) is 5.82 Å². The Morgan fingerprint density at radius 2 is 1.89 bits per heavy atom. The number of halogens is 1. The van der Waals surface area contributed by atoms with Crippen LogP contribution in [-0.4, -0.2) is 29.5 Å². The third kappa shape index (κ3) is 3.94. The molecule has 1 aromatic rings. The number of rotatable bonds is 5. The van der Waals surface area contributed by atoms with Crippen LogP contribution in [0.5, 0.6) is 5.75 Å². The van der Waals surface area contributed by atoms with E-state index in [9.17, 15) is 9.18 Å². The minimum absolute atomic E-state index is 0.0915. The summed E-state index contributed by atoms with van der Waals surface area (Å²) in [5.74, 6) is 0.0664. The first kappa shape index (κ1) is 15.5. The molecule has 0 aromatic heterocycles. The van der Waals surface area contributed by atoms with E-state index in [1.165, 1.54) is 24.3 Å². The molecule has 0 spiro atoms. The lowest BCUT2D eigenvalue weighted by molar-refractivity contribution is -0.146. The second-order valence-electron chi connectivity index (χ2n) is 5.24. The molecule has 0 aliphatic heterocycles. The van der Waals surface area contributed by atoms with Gasteiger partial charge in [0.05, 0.1) is 0 Å². The van der Waals surface area contributed by atoms with Gasteiger partial charge in [0.2, 0.25) is 0 Å². The molecule has 0 aliphatic rings. The summed E-state index contributed by atoms with van der Waals surface area (Å²) in [6.07, 6.45) is 0.884. The van der Waals surface area contributed by atoms with Crippen LogP contribution in [0.4, 0.5) is 4.39 Å². The van der Waals surface area contributed by atoms with Gasteiger partial charge in [0.15, 0.2) is 5.60 Å². The standard InChI is InChI=1S/C15H22FNO2/c1-6-11(2)17(5)14(18)15(3,4)19-13-9-7-12(16)8-10-13/h7-11H,6H2,1-5H3. The van der Waals surface area contributed by atoms with E-state index in [4.69, 9.17) is 4.74 Å². The molecular weight excluding hydrogens is 245 g/mol. The fraction of sp³-hybridized carbons (Fsp3) is 0.533. The molecule has 3 nitrogen and oxygen atoms in total. The van der Waals surface area contributed by atoms with Crippen molar-refractivity contribution in [1.29, 1.82) is 0 Å². The molecule has 0 aliphatic carbocycles. The van der Waals surface area contributed by atoms with Crippen LogP contribution < -0.4 is 4.74 Å². The Morgan fingerprint density at radius 3 is 2.37 bits per heavy atom. The average Bonchev–Trinajstić information content (AvgIpc) is 2.38. The highest BCUT2D eigenvalue weighted by atomic mass is 19.1. The Balaban J connectivity index is 2.80. The zero-order chi connectivity index (χ0) is 14.6. The largest absolute Gasteiger partial charge is 0.478 e. The fourth-order valence-corrected chi connectivity index (χ4v) is 1.74. The minimum atomic E-state index is -0.976. The van der Waals surface area contributed by atoms with Crippen LogP contribution >= 0.6 is 0 Å². The number of carbonyl (C=O) groups excluding carboxylic acids is 1. The molecule has 0 radical (unpaired) electrons. The highest BCUT2D eigenvalue weighted by Gasteiger charge is 2.34. The van der Waals surface area contributed by atoms with Gasteiger partial charge in [-0.1, -0.05) is 6.92 Å². The van der Waals surface area contributed by atoms with Gasteiger partial charge in [0.1, 0.15) is 11.6 Å². The Bertz CT molecular complexity index is 428. The Morgan fingerprint density at radius 1 is 1.37 bits per heavy atom. The molecule has 0 bridgehead atoms. The number of ether oxygens (including phenoxy) is 1. The normalized spacial score (nSPS) is 12.9. The van der Waals surface area contributed by atoms with Crippen molar-refractivity contribution in [1.82, 2.24) is 4.90 Å². The van der Waals surface area contributed by atoms with E-state index in [0.717, 1.165) is 6.42 Å². The van der Waals surface area contributed by atoms with Crippen LogP contribution in [0.3, 0.4) is 0 Å². The zero-order valence-corrected chi connectivity index (χ0v) is 12.2. The molecule has 1 unspecified atom stereocenters. The molecule has 4 heteroatoms. The maximum absolute atomic E-state index is 12.8. The maximum Gasteiger partial charge on any atom is 0.266 e. The van der Waals surface area contributed by atoms with Crippen molar-refractivity contribution in [2.45, 2.75) is 45.8 Å². The number of carbonyl (C=O) groups is 1. The Hall–Kier alpha value is -1.58. The molecule has 0 N–H and O–H groups in total. The van der Waals surface area contributed by atoms with Gasteiger partial charge in [-0.2, -0.15) is 0 Å². The Kier molecular flexibility index (Phi) is 4.92. The van der Waals surface area contributed by atoms with Crippen LogP contribution in [0.25, 0.3) is 0 Å². The molecule has 1 aromatic carbocycles. The lowest BCUT2D eigenvalue weighted by Crippen LogP contribution is -2.50. The van der Waals surface area contributed by atoms with Crippen molar-refractivity contribution >= 4 is 5.91 Å². The molecule has 19 heavy (non-hydrogen) atoms. The molecule has 1 atom stereocenters. The minimum Gasteiger partial charge on any atom is -0.478 e. The monoisotopic (exact) mass is 267 g/mol. The van der Waals surface area contributed by atoms with E-state index in [-0.39, 0.29) is 17.8 Å². The summed E-state index contributed by atoms with van der Waals surface area (Å²) < 4.78 is 18.5. The van der Waals surface area contributed by atoms with Gasteiger partial charge in [0.25, 0.3) is 5.91 Å². The summed E-state index contributed by atoms with van der Waals surface area (Å²) in [5, 5.41) is 0. The molecule has 1 rings (SSSR count). The number of nitrogens with zero attached hydrogens (tertiary/aromatic N) is 1. The van der Waals surface area contributed by atoms with Crippen LogP contribution in [-0.2, 0) is 4.79 Å². The summed E-state index contributed by atoms with van der Waals surface area (Å²) in [6.45, 7) is 7.46. The lowest BCUT2D eigenvalue weighted by atomic mass is 10.1. The van der Waals surface area contributed by atoms with Crippen molar-refractivity contribution in [3.05, 3.63) is 30.1 Å². The van der Waals surface area contributed by atoms with E-state index >= 15 is 0 Å². The highest BCUT2D eigenvalue weighted by Crippen LogP contribution is 2.21. The first-order valence-corrected chi connectivity index (χ1v) is 6.49. The topological polar surface area (TPSA) is 29.5 Å². The number of benzene rings is 1. The number of likely N-dealkylation sites (N-methyl/N-ethyl adjacent to an activating group) is 1. The summed E-state index contributed by atoms with van der Waals surface area (Å²) in [7, 11) is 1.77. The van der Waals surface area contributed by atoms with Crippen molar-refractivity contribution in [2.24, 2.45) is 0 Å². The summed E-state index contributed by atoms with van der Waals surface area (Å²) in [4.78, 5) is 14.0. The smallest absolute Gasteiger partial charge is 0.266 e. The predicted molar refractivity (Wildman–Crippen MR) is 73.6 cm³/mol. The predicted octanol–water partition coefficient (Wildman–Crippen LogP) is 3.24. The van der Waals surface area contributed by atoms with E-state index < -0.39 is 5.60 Å². The summed E-state index contributed by atoms with van der Waals surface area (Å²) in [5.41, 5.74) is -0.976. The van der Waals surface area contributed by atoms with E-state index in [0.29, 0.717) is 5.75 Å². The summed E-state index contributed by atoms with van der Waals surface area (Å²) in [6, 6.07) is 5.83. The van der Waals surface area contributed by atoms with Crippen LogP contribution in [0.15, 0.2) is 24.3 Å². The van der Waals surface area contributed by atoms with Gasteiger partial charge >= 0.3 is 0 Å². The van der Waals surface area contributed by atoms with Gasteiger partial charge in [-0.15, -0.1) is 0 Å². The highest BCUT2D eigenvalue weighted by molar-refractivity contribution is 5.84. The Labute approximate surface area is 114 Å². The first-order valence-electron chi connectivity index (χ1n) is 6.49. The van der Waals surface area contributed by atoms with Crippen molar-refractivity contribution in [2.75, 3.05) is 7.05 Å². The second kappa shape index (κ2) is 6.04. The van der Waals surface area contributed by atoms with Crippen LogP contribution in [0.2, 0.25) is 0 Å². The molecule has 106 valence electrons. The van der Waals surface area contributed by atoms with Gasteiger partial charge < -0.3 is 9.64 Å². The molecule has 0 heterocycles. The van der Waals surface area contributed by atoms with E-state index in [2.05, 4.69) is 0 Å². The van der Waals surface area contributed by atoms with Crippen LogP contribution in [0.1, 0.15) is 34.1 Å². The SMILES string of the molecule is CCC(C)N(C)C(=O)C(C)(C)Oc1ccc(F)cc1. The molecule has 0 saturated carbocycles. The van der Waals surface area contributed by atoms with Gasteiger partial charge in [-0.05, 0) is 51.5 Å². The third-order valence-corrected chi connectivity index (χ3v) is 3.27. The summed E-state index contributed by atoms with van der Waals surface area (Å²) >= 11 is 0. The molecular formula is C15H22FNO2. The molecule has 0 saturated heterocycles. The van der Waals surface area contributed by atoms with Crippen molar-refractivity contribution in [3.63, 3.8) is 0 Å². The van der Waals surface area contributed by atoms with Crippen molar-refractivity contribution < 1.29 is 13.9 Å². The molecule has 1 amide bonds.